The van der Waals surface area contributed by atoms with Gasteiger partial charge in [-0.05, 0) is 49.4 Å². The molecule has 0 spiro atoms. The van der Waals surface area contributed by atoms with Gasteiger partial charge in [0.1, 0.15) is 0 Å². The van der Waals surface area contributed by atoms with Crippen molar-refractivity contribution in [2.24, 2.45) is 5.92 Å². The molecule has 4 fully saturated rings. The summed E-state index contributed by atoms with van der Waals surface area (Å²) >= 11 is 6.09. The molecule has 0 radical (unpaired) electrons. The van der Waals surface area contributed by atoms with E-state index in [1.54, 1.807) is 17.0 Å². The molecule has 0 bridgehead atoms. The molecule has 1 amide bonds. The van der Waals surface area contributed by atoms with Gasteiger partial charge in [-0.2, -0.15) is 0 Å². The molecule has 6 rings (SSSR count). The zero-order valence-electron chi connectivity index (χ0n) is 16.5. The van der Waals surface area contributed by atoms with E-state index in [9.17, 15) is 14.1 Å². The summed E-state index contributed by atoms with van der Waals surface area (Å²) in [5, 5.41) is 10.4. The average molecular weight is 453 g/mol. The van der Waals surface area contributed by atoms with Crippen molar-refractivity contribution in [3.05, 3.63) is 29.3 Å². The van der Waals surface area contributed by atoms with E-state index < -0.39 is 27.5 Å². The number of aliphatic hydroxyl groups excluding tert-OH is 1. The molecular formula is C21H25ClN2O5S. The third kappa shape index (κ3) is 2.70. The Morgan fingerprint density at radius 3 is 2.67 bits per heavy atom. The number of aliphatic hydroxyl groups is 1. The van der Waals surface area contributed by atoms with Crippen molar-refractivity contribution < 1.29 is 23.6 Å². The Hall–Kier alpha value is -1.32. The zero-order chi connectivity index (χ0) is 20.7. The van der Waals surface area contributed by atoms with Crippen LogP contribution in [-0.2, 0) is 19.2 Å². The molecular weight excluding hydrogens is 428 g/mol. The molecule has 0 aromatic heterocycles. The maximum atomic E-state index is 14.7. The fraction of sp³-hybridized carbons (Fsp3) is 0.619. The van der Waals surface area contributed by atoms with Crippen molar-refractivity contribution >= 4 is 32.3 Å². The van der Waals surface area contributed by atoms with Crippen molar-refractivity contribution in [3.63, 3.8) is 0 Å². The van der Waals surface area contributed by atoms with Crippen molar-refractivity contribution in [1.82, 2.24) is 9.21 Å². The number of fused-ring (bicyclic) bond motifs is 3. The van der Waals surface area contributed by atoms with E-state index in [0.717, 1.165) is 22.6 Å². The minimum absolute atomic E-state index is 0.0661. The molecule has 2 saturated carbocycles. The summed E-state index contributed by atoms with van der Waals surface area (Å²) in [6.07, 6.45) is 2.34. The van der Waals surface area contributed by atoms with E-state index in [1.165, 1.54) is 0 Å². The highest BCUT2D eigenvalue weighted by Gasteiger charge is 2.73. The number of hydrogen-bond donors (Lipinski definition) is 1. The Morgan fingerprint density at radius 1 is 1.23 bits per heavy atom. The number of ether oxygens (including phenoxy) is 2. The molecule has 9 heteroatoms. The van der Waals surface area contributed by atoms with Crippen LogP contribution in [0.5, 0.6) is 0 Å². The number of rotatable bonds is 3. The number of nitrogens with zero attached hydrogens (tertiary/aromatic N) is 2. The zero-order valence-corrected chi connectivity index (χ0v) is 18.1. The summed E-state index contributed by atoms with van der Waals surface area (Å²) in [7, 11) is -2.68. The predicted octanol–water partition coefficient (Wildman–Crippen LogP) is 1.91. The summed E-state index contributed by atoms with van der Waals surface area (Å²) in [5.74, 6) is 0.473. The van der Waals surface area contributed by atoms with Crippen molar-refractivity contribution in [2.75, 3.05) is 26.3 Å². The topological polar surface area (TPSA) is 79.3 Å². The summed E-state index contributed by atoms with van der Waals surface area (Å²) in [6.45, 7) is 1.72. The largest absolute Gasteiger partial charge is 0.435 e. The summed E-state index contributed by atoms with van der Waals surface area (Å²) < 4.78 is 28.8. The van der Waals surface area contributed by atoms with Gasteiger partial charge in [-0.1, -0.05) is 11.6 Å². The van der Waals surface area contributed by atoms with Crippen molar-refractivity contribution in [2.45, 2.75) is 54.4 Å². The Kier molecular flexibility index (Phi) is 4.26. The molecule has 7 nitrogen and oxygen atoms in total. The minimum Gasteiger partial charge on any atom is -0.435 e. The van der Waals surface area contributed by atoms with Crippen LogP contribution in [0.3, 0.4) is 0 Å². The van der Waals surface area contributed by atoms with Gasteiger partial charge in [-0.15, -0.1) is 0 Å². The SMILES string of the molecule is O=C(OC12CC1=S(=O)(c1ccc(Cl)cc1)N1[C@H](C3CC3)COC[C@@H]12)N1CC[C@@H](O)C1. The molecule has 162 valence electrons. The summed E-state index contributed by atoms with van der Waals surface area (Å²) in [4.78, 5) is 16.0. The molecule has 3 heterocycles. The number of carbonyl (C=O) groups is 1. The number of likely N-dealkylation sites (tertiary alicyclic amines) is 1. The van der Waals surface area contributed by atoms with E-state index in [0.29, 0.717) is 43.5 Å². The van der Waals surface area contributed by atoms with Crippen molar-refractivity contribution in [1.29, 1.82) is 0 Å². The van der Waals surface area contributed by atoms with Crippen LogP contribution in [0.2, 0.25) is 5.02 Å². The maximum absolute atomic E-state index is 14.7. The molecule has 5 aliphatic rings. The highest BCUT2D eigenvalue weighted by atomic mass is 35.5. The molecule has 2 aliphatic carbocycles. The molecule has 2 unspecified atom stereocenters. The van der Waals surface area contributed by atoms with Crippen molar-refractivity contribution in [3.8, 4) is 0 Å². The first-order valence-electron chi connectivity index (χ1n) is 10.6. The first-order chi connectivity index (χ1) is 14.4. The number of morpholine rings is 1. The number of hydrogen-bond acceptors (Lipinski definition) is 5. The molecule has 2 saturated heterocycles. The van der Waals surface area contributed by atoms with E-state index in [1.807, 2.05) is 12.1 Å². The number of benzene rings is 1. The fourth-order valence-electron chi connectivity index (χ4n) is 5.34. The van der Waals surface area contributed by atoms with Gasteiger partial charge < -0.3 is 19.5 Å². The quantitative estimate of drug-likeness (QED) is 0.709. The minimum atomic E-state index is -2.68. The Labute approximate surface area is 181 Å². The number of carbonyl (C=O) groups excluding carboxylic acids is 1. The van der Waals surface area contributed by atoms with Gasteiger partial charge in [0.05, 0.1) is 39.9 Å². The van der Waals surface area contributed by atoms with Crippen LogP contribution >= 0.6 is 11.6 Å². The van der Waals surface area contributed by atoms with E-state index in [4.69, 9.17) is 21.1 Å². The standard InChI is InChI=1S/C21H25ClN2O5S/c22-14-3-5-16(6-4-14)30(27)19-9-21(19,29-20(26)23-8-7-15(25)10-23)18-12-28-11-17(24(18)30)13-1-2-13/h3-6,13,15,17-18,25H,1-2,7-12H2/t15-,17+,18-,21?,30?/m1/s1. The highest BCUT2D eigenvalue weighted by molar-refractivity contribution is 8.01. The highest BCUT2D eigenvalue weighted by Crippen LogP contribution is 2.56. The Bertz CT molecular complexity index is 1020. The molecule has 1 aromatic rings. The number of β-amino-alcohol motifs (C(OH)–C–C–N with tert-alkyl or cyclic N) is 1. The van der Waals surface area contributed by atoms with Gasteiger partial charge in [-0.25, -0.2) is 13.3 Å². The fourth-order valence-corrected chi connectivity index (χ4v) is 9.02. The number of amides is 1. The summed E-state index contributed by atoms with van der Waals surface area (Å²) in [6, 6.07) is 7.03. The molecule has 5 atom stereocenters. The van der Waals surface area contributed by atoms with E-state index >= 15 is 0 Å². The molecule has 1 N–H and O–H groups in total. The van der Waals surface area contributed by atoms with Crippen LogP contribution in [0, 0.1) is 5.92 Å². The second-order valence-corrected chi connectivity index (χ2v) is 11.9. The van der Waals surface area contributed by atoms with Gasteiger partial charge in [-0.3, -0.25) is 0 Å². The van der Waals surface area contributed by atoms with Crippen LogP contribution < -0.4 is 0 Å². The van der Waals surface area contributed by atoms with Crippen LogP contribution in [0.15, 0.2) is 29.2 Å². The lowest BCUT2D eigenvalue weighted by molar-refractivity contribution is -0.0620. The Balaban J connectivity index is 1.41. The third-order valence-corrected chi connectivity index (χ3v) is 10.6. The smallest absolute Gasteiger partial charge is 0.410 e. The lowest BCUT2D eigenvalue weighted by Gasteiger charge is -2.43. The van der Waals surface area contributed by atoms with Crippen LogP contribution in [-0.4, -0.2) is 79.6 Å². The van der Waals surface area contributed by atoms with Crippen LogP contribution in [0.25, 0.3) is 0 Å². The molecule has 1 aromatic carbocycles. The Morgan fingerprint density at radius 2 is 2.00 bits per heavy atom. The van der Waals surface area contributed by atoms with Crippen LogP contribution in [0.1, 0.15) is 25.7 Å². The predicted molar refractivity (Wildman–Crippen MR) is 112 cm³/mol. The first-order valence-corrected chi connectivity index (χ1v) is 12.5. The second-order valence-electron chi connectivity index (χ2n) is 9.04. The van der Waals surface area contributed by atoms with E-state index in [2.05, 4.69) is 4.31 Å². The van der Waals surface area contributed by atoms with Gasteiger partial charge in [0.25, 0.3) is 0 Å². The molecule has 30 heavy (non-hydrogen) atoms. The lowest BCUT2D eigenvalue weighted by Crippen LogP contribution is -2.58. The van der Waals surface area contributed by atoms with E-state index in [-0.39, 0.29) is 18.6 Å². The third-order valence-electron chi connectivity index (χ3n) is 7.13. The van der Waals surface area contributed by atoms with Crippen LogP contribution in [0.4, 0.5) is 4.79 Å². The molecule has 3 aliphatic heterocycles. The second kappa shape index (κ2) is 6.59. The van der Waals surface area contributed by atoms with Gasteiger partial charge in [0, 0.05) is 35.5 Å². The van der Waals surface area contributed by atoms with Gasteiger partial charge in [0.15, 0.2) is 5.60 Å². The monoisotopic (exact) mass is 452 g/mol. The number of halogens is 1. The lowest BCUT2D eigenvalue weighted by atomic mass is 10.0. The summed E-state index contributed by atoms with van der Waals surface area (Å²) in [5.41, 5.74) is -0.866. The van der Waals surface area contributed by atoms with Gasteiger partial charge >= 0.3 is 6.09 Å². The van der Waals surface area contributed by atoms with Gasteiger partial charge in [0.2, 0.25) is 0 Å². The average Bonchev–Trinajstić information content (AvgIpc) is 3.65. The first kappa shape index (κ1) is 19.4. The normalized spacial score (nSPS) is 40.3. The maximum Gasteiger partial charge on any atom is 0.410 e.